The van der Waals surface area contributed by atoms with Gasteiger partial charge in [-0.25, -0.2) is 4.79 Å². The second-order valence-electron chi connectivity index (χ2n) is 4.05. The van der Waals surface area contributed by atoms with E-state index >= 15 is 0 Å². The zero-order chi connectivity index (χ0) is 13.5. The van der Waals surface area contributed by atoms with Crippen LogP contribution in [0.1, 0.15) is 29.8 Å². The molecular formula is C13H19ClN2O2. The van der Waals surface area contributed by atoms with Crippen LogP contribution in [0.4, 0.5) is 5.69 Å². The number of carbonyl (C=O) groups is 1. The van der Waals surface area contributed by atoms with Gasteiger partial charge < -0.3 is 10.0 Å². The minimum atomic E-state index is -0.898. The molecule has 18 heavy (non-hydrogen) atoms. The fourth-order valence-electron chi connectivity index (χ4n) is 1.89. The van der Waals surface area contributed by atoms with Gasteiger partial charge in [-0.2, -0.15) is 0 Å². The maximum atomic E-state index is 11.1. The SMILES string of the molecule is CCN(CC)CCc1cc(NCl)ccc1C(=O)O. The zero-order valence-electron chi connectivity index (χ0n) is 10.7. The predicted molar refractivity (Wildman–Crippen MR) is 74.4 cm³/mol. The first-order valence-electron chi connectivity index (χ1n) is 6.07. The van der Waals surface area contributed by atoms with E-state index in [0.29, 0.717) is 12.0 Å². The van der Waals surface area contributed by atoms with E-state index < -0.39 is 5.97 Å². The van der Waals surface area contributed by atoms with Crippen LogP contribution in [0, 0.1) is 0 Å². The molecule has 2 N–H and O–H groups in total. The molecule has 0 aliphatic rings. The minimum Gasteiger partial charge on any atom is -0.478 e. The van der Waals surface area contributed by atoms with Crippen molar-refractivity contribution >= 4 is 23.4 Å². The number of benzene rings is 1. The third-order valence-electron chi connectivity index (χ3n) is 3.04. The van der Waals surface area contributed by atoms with Crippen molar-refractivity contribution in [2.45, 2.75) is 20.3 Å². The van der Waals surface area contributed by atoms with Crippen LogP contribution in [-0.2, 0) is 6.42 Å². The van der Waals surface area contributed by atoms with Crippen molar-refractivity contribution in [2.75, 3.05) is 24.5 Å². The molecule has 5 heteroatoms. The van der Waals surface area contributed by atoms with Crippen LogP contribution in [0.5, 0.6) is 0 Å². The molecule has 0 radical (unpaired) electrons. The van der Waals surface area contributed by atoms with Crippen LogP contribution in [0.3, 0.4) is 0 Å². The standard InChI is InChI=1S/C13H19ClN2O2/c1-3-16(4-2)8-7-10-9-11(15-14)5-6-12(10)13(17)18/h5-6,9,15H,3-4,7-8H2,1-2H3,(H,17,18). The maximum absolute atomic E-state index is 11.1. The van der Waals surface area contributed by atoms with E-state index in [4.69, 9.17) is 16.9 Å². The van der Waals surface area contributed by atoms with Crippen LogP contribution in [0.2, 0.25) is 0 Å². The first kappa shape index (κ1) is 14.8. The lowest BCUT2D eigenvalue weighted by Crippen LogP contribution is -2.25. The van der Waals surface area contributed by atoms with E-state index in [1.54, 1.807) is 18.2 Å². The molecule has 0 heterocycles. The van der Waals surface area contributed by atoms with Gasteiger partial charge in [-0.3, -0.25) is 4.84 Å². The summed E-state index contributed by atoms with van der Waals surface area (Å²) >= 11 is 5.54. The van der Waals surface area contributed by atoms with Crippen molar-refractivity contribution < 1.29 is 9.90 Å². The van der Waals surface area contributed by atoms with Crippen LogP contribution in [-0.4, -0.2) is 35.6 Å². The molecule has 0 unspecified atom stereocenters. The number of nitrogens with one attached hydrogen (secondary N) is 1. The third kappa shape index (κ3) is 3.89. The monoisotopic (exact) mass is 270 g/mol. The number of rotatable bonds is 7. The fraction of sp³-hybridized carbons (Fsp3) is 0.462. The summed E-state index contributed by atoms with van der Waals surface area (Å²) in [5, 5.41) is 9.14. The largest absolute Gasteiger partial charge is 0.478 e. The van der Waals surface area contributed by atoms with Crippen molar-refractivity contribution in [1.82, 2.24) is 4.90 Å². The smallest absolute Gasteiger partial charge is 0.335 e. The first-order valence-corrected chi connectivity index (χ1v) is 6.45. The van der Waals surface area contributed by atoms with E-state index in [2.05, 4.69) is 23.6 Å². The number of nitrogens with zero attached hydrogens (tertiary/aromatic N) is 1. The van der Waals surface area contributed by atoms with Gasteiger partial charge >= 0.3 is 5.97 Å². The van der Waals surface area contributed by atoms with Crippen LogP contribution in [0.25, 0.3) is 0 Å². The fourth-order valence-corrected chi connectivity index (χ4v) is 2.00. The second kappa shape index (κ2) is 7.24. The number of anilines is 1. The Hall–Kier alpha value is -1.26. The Morgan fingerprint density at radius 1 is 1.39 bits per heavy atom. The van der Waals surface area contributed by atoms with Gasteiger partial charge in [0.25, 0.3) is 0 Å². The number of carboxylic acid groups (broad SMARTS) is 1. The summed E-state index contributed by atoms with van der Waals surface area (Å²) in [7, 11) is 0. The number of hydrogen-bond acceptors (Lipinski definition) is 3. The van der Waals surface area contributed by atoms with Crippen molar-refractivity contribution in [2.24, 2.45) is 0 Å². The van der Waals surface area contributed by atoms with E-state index in [0.717, 1.165) is 30.9 Å². The van der Waals surface area contributed by atoms with Crippen molar-refractivity contribution in [1.29, 1.82) is 0 Å². The molecule has 1 rings (SSSR count). The van der Waals surface area contributed by atoms with E-state index in [-0.39, 0.29) is 0 Å². The number of hydrogen-bond donors (Lipinski definition) is 2. The number of carboxylic acids is 1. The van der Waals surface area contributed by atoms with Crippen LogP contribution < -0.4 is 4.84 Å². The molecule has 0 amide bonds. The Morgan fingerprint density at radius 3 is 2.56 bits per heavy atom. The van der Waals surface area contributed by atoms with Crippen molar-refractivity contribution in [3.05, 3.63) is 29.3 Å². The number of aromatic carboxylic acids is 1. The topological polar surface area (TPSA) is 52.6 Å². The lowest BCUT2D eigenvalue weighted by Gasteiger charge is -2.18. The Balaban J connectivity index is 2.87. The summed E-state index contributed by atoms with van der Waals surface area (Å²) in [6.07, 6.45) is 0.704. The number of halogens is 1. The zero-order valence-corrected chi connectivity index (χ0v) is 11.5. The summed E-state index contributed by atoms with van der Waals surface area (Å²) in [5.41, 5.74) is 1.87. The summed E-state index contributed by atoms with van der Waals surface area (Å²) < 4.78 is 0. The lowest BCUT2D eigenvalue weighted by molar-refractivity contribution is 0.0695. The van der Waals surface area contributed by atoms with Crippen molar-refractivity contribution in [3.8, 4) is 0 Å². The molecule has 4 nitrogen and oxygen atoms in total. The summed E-state index contributed by atoms with van der Waals surface area (Å²) in [6.45, 7) is 6.97. The van der Waals surface area contributed by atoms with Gasteiger partial charge in [0.05, 0.1) is 5.56 Å². The van der Waals surface area contributed by atoms with Gasteiger partial charge in [0.2, 0.25) is 0 Å². The minimum absolute atomic E-state index is 0.345. The van der Waals surface area contributed by atoms with Gasteiger partial charge in [-0.1, -0.05) is 13.8 Å². The molecule has 0 atom stereocenters. The highest BCUT2D eigenvalue weighted by Gasteiger charge is 2.11. The van der Waals surface area contributed by atoms with Gasteiger partial charge in [-0.05, 0) is 43.3 Å². The molecule has 0 aliphatic carbocycles. The maximum Gasteiger partial charge on any atom is 0.335 e. The summed E-state index contributed by atoms with van der Waals surface area (Å²) in [6, 6.07) is 5.04. The van der Waals surface area contributed by atoms with Gasteiger partial charge in [0.15, 0.2) is 0 Å². The molecule has 0 saturated heterocycles. The van der Waals surface area contributed by atoms with Crippen LogP contribution >= 0.6 is 11.8 Å². The molecule has 1 aromatic carbocycles. The van der Waals surface area contributed by atoms with E-state index in [1.165, 1.54) is 0 Å². The highest BCUT2D eigenvalue weighted by Crippen LogP contribution is 2.18. The predicted octanol–water partition coefficient (Wildman–Crippen LogP) is 2.83. The lowest BCUT2D eigenvalue weighted by atomic mass is 10.0. The highest BCUT2D eigenvalue weighted by atomic mass is 35.5. The Bertz CT molecular complexity index is 406. The van der Waals surface area contributed by atoms with Gasteiger partial charge in [-0.15, -0.1) is 0 Å². The normalized spacial score (nSPS) is 10.7. The second-order valence-corrected chi connectivity index (χ2v) is 4.24. The third-order valence-corrected chi connectivity index (χ3v) is 3.25. The average molecular weight is 271 g/mol. The van der Waals surface area contributed by atoms with Crippen molar-refractivity contribution in [3.63, 3.8) is 0 Å². The molecule has 1 aromatic rings. The quantitative estimate of drug-likeness (QED) is 0.748. The van der Waals surface area contributed by atoms with Gasteiger partial charge in [0.1, 0.15) is 0 Å². The highest BCUT2D eigenvalue weighted by molar-refractivity contribution is 6.24. The van der Waals surface area contributed by atoms with Crippen LogP contribution in [0.15, 0.2) is 18.2 Å². The molecule has 0 bridgehead atoms. The van der Waals surface area contributed by atoms with Gasteiger partial charge in [0, 0.05) is 24.0 Å². The molecular weight excluding hydrogens is 252 g/mol. The van der Waals surface area contributed by atoms with E-state index in [9.17, 15) is 4.79 Å². The molecule has 0 saturated carbocycles. The molecule has 100 valence electrons. The number of likely N-dealkylation sites (N-methyl/N-ethyl adjacent to an activating group) is 1. The molecule has 0 aromatic heterocycles. The molecule has 0 spiro atoms. The summed E-state index contributed by atoms with van der Waals surface area (Å²) in [5.74, 6) is -0.898. The molecule has 0 fully saturated rings. The van der Waals surface area contributed by atoms with E-state index in [1.807, 2.05) is 0 Å². The summed E-state index contributed by atoms with van der Waals surface area (Å²) in [4.78, 5) is 15.9. The Kier molecular flexibility index (Phi) is 5.95. The average Bonchev–Trinajstić information content (AvgIpc) is 2.39. The molecule has 0 aliphatic heterocycles. The first-order chi connectivity index (χ1) is 8.62. The Labute approximate surface area is 113 Å². The Morgan fingerprint density at radius 2 is 2.06 bits per heavy atom.